The SMILES string of the molecule is Cc1cc(Br)cc(N)c1OCC(=O)NC(C)C(C)C. The largest absolute Gasteiger partial charge is 0.481 e. The summed E-state index contributed by atoms with van der Waals surface area (Å²) in [4.78, 5) is 11.7. The topological polar surface area (TPSA) is 64.3 Å². The van der Waals surface area contributed by atoms with E-state index in [1.54, 1.807) is 6.07 Å². The quantitative estimate of drug-likeness (QED) is 0.817. The Morgan fingerprint density at radius 2 is 2.05 bits per heavy atom. The Morgan fingerprint density at radius 1 is 1.42 bits per heavy atom. The van der Waals surface area contributed by atoms with Crippen LogP contribution >= 0.6 is 15.9 Å². The van der Waals surface area contributed by atoms with Crippen LogP contribution in [-0.4, -0.2) is 18.6 Å². The van der Waals surface area contributed by atoms with E-state index in [0.29, 0.717) is 17.4 Å². The number of benzene rings is 1. The molecule has 0 bridgehead atoms. The van der Waals surface area contributed by atoms with Crippen LogP contribution in [0.5, 0.6) is 5.75 Å². The molecule has 19 heavy (non-hydrogen) atoms. The molecule has 0 fully saturated rings. The van der Waals surface area contributed by atoms with E-state index in [9.17, 15) is 4.79 Å². The van der Waals surface area contributed by atoms with Gasteiger partial charge in [-0.1, -0.05) is 29.8 Å². The van der Waals surface area contributed by atoms with Crippen molar-refractivity contribution in [3.8, 4) is 5.75 Å². The summed E-state index contributed by atoms with van der Waals surface area (Å²) in [6.45, 7) is 7.96. The molecule has 0 aromatic heterocycles. The maximum atomic E-state index is 11.7. The van der Waals surface area contributed by atoms with Gasteiger partial charge in [0.2, 0.25) is 0 Å². The highest BCUT2D eigenvalue weighted by atomic mass is 79.9. The van der Waals surface area contributed by atoms with Crippen molar-refractivity contribution in [1.29, 1.82) is 0 Å². The van der Waals surface area contributed by atoms with Gasteiger partial charge < -0.3 is 15.8 Å². The molecule has 0 saturated carbocycles. The fraction of sp³-hybridized carbons (Fsp3) is 0.500. The Balaban J connectivity index is 2.60. The summed E-state index contributed by atoms with van der Waals surface area (Å²) in [5.41, 5.74) is 7.30. The molecule has 1 aromatic rings. The summed E-state index contributed by atoms with van der Waals surface area (Å²) in [5.74, 6) is 0.821. The standard InChI is InChI=1S/C14H21BrN2O2/c1-8(2)10(4)17-13(18)7-19-14-9(3)5-11(15)6-12(14)16/h5-6,8,10H,7,16H2,1-4H3,(H,17,18). The number of carbonyl (C=O) groups excluding carboxylic acids is 1. The number of hydrogen-bond donors (Lipinski definition) is 2. The van der Waals surface area contributed by atoms with Gasteiger partial charge in [0.25, 0.3) is 5.91 Å². The Kier molecular flexibility index (Phi) is 5.66. The number of nitrogen functional groups attached to an aromatic ring is 1. The molecule has 0 aliphatic heterocycles. The van der Waals surface area contributed by atoms with Gasteiger partial charge in [-0.3, -0.25) is 4.79 Å². The van der Waals surface area contributed by atoms with Crippen molar-refractivity contribution in [2.75, 3.05) is 12.3 Å². The Labute approximate surface area is 122 Å². The zero-order chi connectivity index (χ0) is 14.6. The van der Waals surface area contributed by atoms with Crippen molar-refractivity contribution in [3.05, 3.63) is 22.2 Å². The summed E-state index contributed by atoms with van der Waals surface area (Å²) >= 11 is 3.36. The molecule has 4 nitrogen and oxygen atoms in total. The molecule has 1 atom stereocenters. The van der Waals surface area contributed by atoms with Crippen molar-refractivity contribution in [2.45, 2.75) is 33.7 Å². The maximum Gasteiger partial charge on any atom is 0.258 e. The van der Waals surface area contributed by atoms with Gasteiger partial charge in [0.1, 0.15) is 5.75 Å². The first-order valence-electron chi connectivity index (χ1n) is 6.29. The van der Waals surface area contributed by atoms with Gasteiger partial charge in [-0.05, 0) is 37.5 Å². The van der Waals surface area contributed by atoms with Crippen LogP contribution in [0.4, 0.5) is 5.69 Å². The third-order valence-electron chi connectivity index (χ3n) is 3.00. The normalized spacial score (nSPS) is 12.3. The lowest BCUT2D eigenvalue weighted by Crippen LogP contribution is -2.39. The maximum absolute atomic E-state index is 11.7. The van der Waals surface area contributed by atoms with Gasteiger partial charge in [0.15, 0.2) is 6.61 Å². The van der Waals surface area contributed by atoms with Crippen LogP contribution in [0, 0.1) is 12.8 Å². The van der Waals surface area contributed by atoms with Gasteiger partial charge in [-0.2, -0.15) is 0 Å². The van der Waals surface area contributed by atoms with Gasteiger partial charge in [0.05, 0.1) is 5.69 Å². The van der Waals surface area contributed by atoms with Crippen molar-refractivity contribution >= 4 is 27.5 Å². The van der Waals surface area contributed by atoms with Gasteiger partial charge in [-0.15, -0.1) is 0 Å². The Morgan fingerprint density at radius 3 is 2.58 bits per heavy atom. The van der Waals surface area contributed by atoms with Crippen molar-refractivity contribution < 1.29 is 9.53 Å². The highest BCUT2D eigenvalue weighted by molar-refractivity contribution is 9.10. The number of aryl methyl sites for hydroxylation is 1. The lowest BCUT2D eigenvalue weighted by atomic mass is 10.1. The minimum atomic E-state index is -0.136. The molecule has 106 valence electrons. The zero-order valence-corrected chi connectivity index (χ0v) is 13.4. The van der Waals surface area contributed by atoms with E-state index >= 15 is 0 Å². The van der Waals surface area contributed by atoms with E-state index in [0.717, 1.165) is 10.0 Å². The molecular formula is C14H21BrN2O2. The molecule has 0 radical (unpaired) electrons. The van der Waals surface area contributed by atoms with E-state index in [-0.39, 0.29) is 18.6 Å². The van der Waals surface area contributed by atoms with Crippen molar-refractivity contribution in [3.63, 3.8) is 0 Å². The number of halogens is 1. The van der Waals surface area contributed by atoms with E-state index in [1.165, 1.54) is 0 Å². The summed E-state index contributed by atoms with van der Waals surface area (Å²) < 4.78 is 6.40. The molecule has 1 aromatic carbocycles. The van der Waals surface area contributed by atoms with E-state index in [4.69, 9.17) is 10.5 Å². The summed E-state index contributed by atoms with van der Waals surface area (Å²) in [6.07, 6.45) is 0. The minimum absolute atomic E-state index is 0.0241. The van der Waals surface area contributed by atoms with E-state index < -0.39 is 0 Å². The molecule has 1 unspecified atom stereocenters. The number of amides is 1. The zero-order valence-electron chi connectivity index (χ0n) is 11.8. The number of anilines is 1. The molecule has 1 rings (SSSR count). The molecular weight excluding hydrogens is 308 g/mol. The number of rotatable bonds is 5. The number of carbonyl (C=O) groups is 1. The number of hydrogen-bond acceptors (Lipinski definition) is 3. The molecule has 0 saturated heterocycles. The second-order valence-electron chi connectivity index (χ2n) is 5.03. The summed E-state index contributed by atoms with van der Waals surface area (Å²) in [6, 6.07) is 3.79. The predicted molar refractivity (Wildman–Crippen MR) is 81.2 cm³/mol. The van der Waals surface area contributed by atoms with Crippen LogP contribution in [0.3, 0.4) is 0 Å². The molecule has 1 amide bonds. The second kappa shape index (κ2) is 6.80. The first-order valence-corrected chi connectivity index (χ1v) is 7.08. The lowest BCUT2D eigenvalue weighted by molar-refractivity contribution is -0.123. The minimum Gasteiger partial charge on any atom is -0.481 e. The van der Waals surface area contributed by atoms with Crippen LogP contribution in [0.15, 0.2) is 16.6 Å². The fourth-order valence-corrected chi connectivity index (χ4v) is 2.14. The smallest absolute Gasteiger partial charge is 0.258 e. The number of ether oxygens (including phenoxy) is 1. The molecule has 0 spiro atoms. The monoisotopic (exact) mass is 328 g/mol. The Hall–Kier alpha value is -1.23. The number of nitrogens with one attached hydrogen (secondary N) is 1. The second-order valence-corrected chi connectivity index (χ2v) is 5.95. The molecule has 5 heteroatoms. The predicted octanol–water partition coefficient (Wildman–Crippen LogP) is 2.88. The van der Waals surface area contributed by atoms with Gasteiger partial charge in [0, 0.05) is 10.5 Å². The van der Waals surface area contributed by atoms with Crippen LogP contribution in [0.25, 0.3) is 0 Å². The van der Waals surface area contributed by atoms with Crippen LogP contribution in [-0.2, 0) is 4.79 Å². The summed E-state index contributed by atoms with van der Waals surface area (Å²) in [5, 5.41) is 2.89. The highest BCUT2D eigenvalue weighted by Crippen LogP contribution is 2.29. The average molecular weight is 329 g/mol. The van der Waals surface area contributed by atoms with Crippen LogP contribution in [0.2, 0.25) is 0 Å². The third-order valence-corrected chi connectivity index (χ3v) is 3.46. The average Bonchev–Trinajstić information content (AvgIpc) is 2.27. The first-order chi connectivity index (χ1) is 8.81. The Bertz CT molecular complexity index is 438. The van der Waals surface area contributed by atoms with Crippen LogP contribution < -0.4 is 15.8 Å². The third kappa shape index (κ3) is 4.74. The van der Waals surface area contributed by atoms with Gasteiger partial charge in [-0.25, -0.2) is 0 Å². The van der Waals surface area contributed by atoms with Crippen molar-refractivity contribution in [1.82, 2.24) is 5.32 Å². The van der Waals surface area contributed by atoms with E-state index in [2.05, 4.69) is 35.1 Å². The highest BCUT2D eigenvalue weighted by Gasteiger charge is 2.13. The molecule has 0 aliphatic carbocycles. The molecule has 3 N–H and O–H groups in total. The first kappa shape index (κ1) is 15.8. The number of nitrogens with two attached hydrogens (primary N) is 1. The van der Waals surface area contributed by atoms with Gasteiger partial charge >= 0.3 is 0 Å². The molecule has 0 heterocycles. The van der Waals surface area contributed by atoms with Crippen molar-refractivity contribution in [2.24, 2.45) is 5.92 Å². The molecule has 0 aliphatic rings. The summed E-state index contributed by atoms with van der Waals surface area (Å²) in [7, 11) is 0. The van der Waals surface area contributed by atoms with E-state index in [1.807, 2.05) is 19.9 Å². The lowest BCUT2D eigenvalue weighted by Gasteiger charge is -2.18. The fourth-order valence-electron chi connectivity index (χ4n) is 1.55. The van der Waals surface area contributed by atoms with Crippen LogP contribution in [0.1, 0.15) is 26.3 Å².